The fraction of sp³-hybridized carbons (Fsp3) is 0.600. The lowest BCUT2D eigenvalue weighted by Gasteiger charge is -2.15. The van der Waals surface area contributed by atoms with Crippen molar-refractivity contribution in [2.45, 2.75) is 19.9 Å². The van der Waals surface area contributed by atoms with E-state index in [1.165, 1.54) is 11.1 Å². The Kier molecular flexibility index (Phi) is 6.21. The summed E-state index contributed by atoms with van der Waals surface area (Å²) < 4.78 is 0. The van der Waals surface area contributed by atoms with Crippen molar-refractivity contribution < 1.29 is 0 Å². The van der Waals surface area contributed by atoms with Gasteiger partial charge in [-0.05, 0) is 20.9 Å². The van der Waals surface area contributed by atoms with Gasteiger partial charge in [0.15, 0.2) is 0 Å². The van der Waals surface area contributed by atoms with Crippen LogP contribution in [0.5, 0.6) is 0 Å². The second-order valence-electron chi connectivity index (χ2n) is 3.16. The van der Waals surface area contributed by atoms with Gasteiger partial charge in [0.1, 0.15) is 0 Å². The summed E-state index contributed by atoms with van der Waals surface area (Å²) in [6.07, 6.45) is 0. The van der Waals surface area contributed by atoms with Crippen LogP contribution in [0.25, 0.3) is 0 Å². The molecule has 0 radical (unpaired) electrons. The molecule has 0 spiro atoms. The van der Waals surface area contributed by atoms with E-state index in [4.69, 9.17) is 0 Å². The summed E-state index contributed by atoms with van der Waals surface area (Å²) >= 11 is 1.90. The highest BCUT2D eigenvalue weighted by molar-refractivity contribution is 7.99. The Balaban J connectivity index is 3.59. The SMILES string of the molecule is C=C(C)CSCC(NC)C(=C)C. The van der Waals surface area contributed by atoms with Crippen LogP contribution in [0.15, 0.2) is 24.3 Å². The van der Waals surface area contributed by atoms with E-state index >= 15 is 0 Å². The Labute approximate surface area is 80.3 Å². The first-order valence-electron chi connectivity index (χ1n) is 4.12. The fourth-order valence-corrected chi connectivity index (χ4v) is 1.98. The van der Waals surface area contributed by atoms with Crippen molar-refractivity contribution in [2.24, 2.45) is 0 Å². The molecule has 0 saturated carbocycles. The van der Waals surface area contributed by atoms with Crippen LogP contribution in [0, 0.1) is 0 Å². The number of likely N-dealkylation sites (N-methyl/N-ethyl adjacent to an activating group) is 1. The van der Waals surface area contributed by atoms with Crippen molar-refractivity contribution in [3.05, 3.63) is 24.3 Å². The molecule has 0 aromatic rings. The molecule has 12 heavy (non-hydrogen) atoms. The van der Waals surface area contributed by atoms with Gasteiger partial charge in [0.05, 0.1) is 0 Å². The largest absolute Gasteiger partial charge is 0.313 e. The van der Waals surface area contributed by atoms with Crippen molar-refractivity contribution in [1.29, 1.82) is 0 Å². The maximum atomic E-state index is 3.93. The molecule has 0 amide bonds. The zero-order valence-corrected chi connectivity index (χ0v) is 9.13. The van der Waals surface area contributed by atoms with Gasteiger partial charge in [-0.2, -0.15) is 11.8 Å². The molecular weight excluding hydrogens is 166 g/mol. The molecule has 0 aliphatic heterocycles. The summed E-state index contributed by atoms with van der Waals surface area (Å²) in [6.45, 7) is 11.9. The molecule has 2 heteroatoms. The molecule has 0 rings (SSSR count). The Bertz CT molecular complexity index is 163. The first-order valence-corrected chi connectivity index (χ1v) is 5.28. The van der Waals surface area contributed by atoms with Crippen LogP contribution in [0.2, 0.25) is 0 Å². The second-order valence-corrected chi connectivity index (χ2v) is 4.19. The predicted octanol–water partition coefficient (Wildman–Crippen LogP) is 2.46. The van der Waals surface area contributed by atoms with Crippen molar-refractivity contribution in [3.8, 4) is 0 Å². The van der Waals surface area contributed by atoms with E-state index in [0.29, 0.717) is 6.04 Å². The molecule has 0 saturated heterocycles. The monoisotopic (exact) mass is 185 g/mol. The molecule has 0 aliphatic carbocycles. The number of hydrogen-bond donors (Lipinski definition) is 1. The van der Waals surface area contributed by atoms with Gasteiger partial charge in [0.25, 0.3) is 0 Å². The highest BCUT2D eigenvalue weighted by Gasteiger charge is 2.05. The number of hydrogen-bond acceptors (Lipinski definition) is 2. The van der Waals surface area contributed by atoms with E-state index in [0.717, 1.165) is 11.5 Å². The maximum Gasteiger partial charge on any atom is 0.0363 e. The Hall–Kier alpha value is -0.210. The van der Waals surface area contributed by atoms with E-state index in [9.17, 15) is 0 Å². The molecule has 0 aromatic heterocycles. The minimum Gasteiger partial charge on any atom is -0.313 e. The molecule has 70 valence electrons. The standard InChI is InChI=1S/C10H19NS/c1-8(2)6-12-7-10(11-5)9(3)4/h10-11H,1,3,6-7H2,2,4-5H3. The first kappa shape index (κ1) is 11.8. The highest BCUT2D eigenvalue weighted by atomic mass is 32.2. The van der Waals surface area contributed by atoms with Gasteiger partial charge in [-0.3, -0.25) is 0 Å². The predicted molar refractivity (Wildman–Crippen MR) is 59.8 cm³/mol. The number of nitrogens with one attached hydrogen (secondary N) is 1. The van der Waals surface area contributed by atoms with E-state index < -0.39 is 0 Å². The minimum atomic E-state index is 0.439. The average molecular weight is 185 g/mol. The normalized spacial score (nSPS) is 12.6. The van der Waals surface area contributed by atoms with Crippen molar-refractivity contribution in [1.82, 2.24) is 5.32 Å². The van der Waals surface area contributed by atoms with Gasteiger partial charge in [-0.15, -0.1) is 0 Å². The summed E-state index contributed by atoms with van der Waals surface area (Å²) in [7, 11) is 1.97. The van der Waals surface area contributed by atoms with Crippen LogP contribution < -0.4 is 5.32 Å². The molecular formula is C10H19NS. The fourth-order valence-electron chi connectivity index (χ4n) is 0.823. The average Bonchev–Trinajstić information content (AvgIpc) is 1.96. The summed E-state index contributed by atoms with van der Waals surface area (Å²) in [5.41, 5.74) is 2.43. The number of rotatable bonds is 6. The van der Waals surface area contributed by atoms with Gasteiger partial charge in [0.2, 0.25) is 0 Å². The Morgan fingerprint density at radius 2 is 2.00 bits per heavy atom. The molecule has 0 aromatic carbocycles. The van der Waals surface area contributed by atoms with Crippen LogP contribution in [-0.2, 0) is 0 Å². The topological polar surface area (TPSA) is 12.0 Å². The molecule has 1 nitrogen and oxygen atoms in total. The molecule has 1 unspecified atom stereocenters. The summed E-state index contributed by atoms with van der Waals surface area (Å²) in [5, 5.41) is 3.23. The lowest BCUT2D eigenvalue weighted by molar-refractivity contribution is 0.704. The minimum absolute atomic E-state index is 0.439. The lowest BCUT2D eigenvalue weighted by Crippen LogP contribution is -2.28. The third-order valence-electron chi connectivity index (χ3n) is 1.58. The lowest BCUT2D eigenvalue weighted by atomic mass is 10.2. The van der Waals surface area contributed by atoms with Gasteiger partial charge < -0.3 is 5.32 Å². The van der Waals surface area contributed by atoms with Crippen molar-refractivity contribution >= 4 is 11.8 Å². The second kappa shape index (κ2) is 6.32. The molecule has 0 aliphatic rings. The summed E-state index contributed by atoms with van der Waals surface area (Å²) in [4.78, 5) is 0. The van der Waals surface area contributed by atoms with Crippen LogP contribution in [-0.4, -0.2) is 24.6 Å². The Morgan fingerprint density at radius 1 is 1.42 bits per heavy atom. The van der Waals surface area contributed by atoms with E-state index in [1.807, 2.05) is 18.8 Å². The first-order chi connectivity index (χ1) is 5.57. The third kappa shape index (κ3) is 5.44. The van der Waals surface area contributed by atoms with Crippen molar-refractivity contribution in [2.75, 3.05) is 18.6 Å². The van der Waals surface area contributed by atoms with Crippen LogP contribution in [0.4, 0.5) is 0 Å². The molecule has 0 fully saturated rings. The molecule has 0 heterocycles. The Morgan fingerprint density at radius 3 is 2.33 bits per heavy atom. The van der Waals surface area contributed by atoms with Gasteiger partial charge in [-0.25, -0.2) is 0 Å². The smallest absolute Gasteiger partial charge is 0.0363 e. The third-order valence-corrected chi connectivity index (χ3v) is 2.84. The quantitative estimate of drug-likeness (QED) is 0.638. The molecule has 1 atom stereocenters. The summed E-state index contributed by atoms with van der Waals surface area (Å²) in [5.74, 6) is 2.13. The maximum absolute atomic E-state index is 3.93. The zero-order valence-electron chi connectivity index (χ0n) is 8.31. The van der Waals surface area contributed by atoms with E-state index in [1.54, 1.807) is 0 Å². The zero-order chi connectivity index (χ0) is 9.56. The van der Waals surface area contributed by atoms with Gasteiger partial charge >= 0.3 is 0 Å². The highest BCUT2D eigenvalue weighted by Crippen LogP contribution is 2.10. The van der Waals surface area contributed by atoms with E-state index in [-0.39, 0.29) is 0 Å². The van der Waals surface area contributed by atoms with Crippen LogP contribution in [0.1, 0.15) is 13.8 Å². The summed E-state index contributed by atoms with van der Waals surface area (Å²) in [6, 6.07) is 0.439. The van der Waals surface area contributed by atoms with Crippen molar-refractivity contribution in [3.63, 3.8) is 0 Å². The van der Waals surface area contributed by atoms with Gasteiger partial charge in [0, 0.05) is 17.5 Å². The van der Waals surface area contributed by atoms with Crippen LogP contribution in [0.3, 0.4) is 0 Å². The van der Waals surface area contributed by atoms with Gasteiger partial charge in [-0.1, -0.05) is 24.3 Å². The van der Waals surface area contributed by atoms with E-state index in [2.05, 4.69) is 32.3 Å². The van der Waals surface area contributed by atoms with Crippen LogP contribution >= 0.6 is 11.8 Å². The molecule has 1 N–H and O–H groups in total. The number of thioether (sulfide) groups is 1. The molecule has 0 bridgehead atoms.